The van der Waals surface area contributed by atoms with Crippen LogP contribution in [0.5, 0.6) is 0 Å². The molecule has 1 atom stereocenters. The van der Waals surface area contributed by atoms with Crippen LogP contribution in [0.2, 0.25) is 0 Å². The Balaban J connectivity index is 4.02. The van der Waals surface area contributed by atoms with Crippen LogP contribution in [0.15, 0.2) is 11.1 Å². The zero-order chi connectivity index (χ0) is 8.15. The molecule has 0 aliphatic carbocycles. The molecule has 2 nitrogen and oxygen atoms in total. The Morgan fingerprint density at radius 3 is 2.60 bits per heavy atom. The number of rotatable bonds is 3. The Hall–Kier alpha value is -0.210. The topological polar surface area (TPSA) is 37.3 Å². The van der Waals surface area contributed by atoms with Crippen molar-refractivity contribution < 1.29 is 9.90 Å². The molecule has 0 fully saturated rings. The van der Waals surface area contributed by atoms with Gasteiger partial charge in [0.1, 0.15) is 5.03 Å². The lowest BCUT2D eigenvalue weighted by molar-refractivity contribution is -0.131. The van der Waals surface area contributed by atoms with Gasteiger partial charge in [-0.1, -0.05) is 18.5 Å². The normalized spacial score (nSPS) is 14.9. The number of alkyl halides is 1. The zero-order valence-corrected chi connectivity index (χ0v) is 6.99. The van der Waals surface area contributed by atoms with Gasteiger partial charge in [0.25, 0.3) is 0 Å². The van der Waals surface area contributed by atoms with Gasteiger partial charge in [0.15, 0.2) is 0 Å². The summed E-state index contributed by atoms with van der Waals surface area (Å²) in [6.45, 7) is 1.85. The molecule has 0 radical (unpaired) electrons. The van der Waals surface area contributed by atoms with Gasteiger partial charge in [0.2, 0.25) is 0 Å². The summed E-state index contributed by atoms with van der Waals surface area (Å²) in [6, 6.07) is 0. The van der Waals surface area contributed by atoms with Gasteiger partial charge in [-0.3, -0.25) is 0 Å². The smallest absolute Gasteiger partial charge is 0.347 e. The Labute approximate surface area is 69.4 Å². The van der Waals surface area contributed by atoms with E-state index in [1.807, 2.05) is 6.92 Å². The van der Waals surface area contributed by atoms with Crippen molar-refractivity contribution >= 4 is 29.2 Å². The van der Waals surface area contributed by atoms with Gasteiger partial charge in [0.05, 0.1) is 5.38 Å². The molecule has 4 heteroatoms. The SMILES string of the molecule is CCC(Cl)/C=C(\Cl)C(=O)O. The van der Waals surface area contributed by atoms with Gasteiger partial charge in [0, 0.05) is 0 Å². The first-order valence-electron chi connectivity index (χ1n) is 2.82. The minimum Gasteiger partial charge on any atom is -0.477 e. The fourth-order valence-electron chi connectivity index (χ4n) is 0.348. The average Bonchev–Trinajstić information content (AvgIpc) is 1.87. The van der Waals surface area contributed by atoms with Crippen LogP contribution in [0.25, 0.3) is 0 Å². The lowest BCUT2D eigenvalue weighted by atomic mass is 10.3. The Morgan fingerprint density at radius 2 is 2.30 bits per heavy atom. The van der Waals surface area contributed by atoms with Crippen molar-refractivity contribution in [2.24, 2.45) is 0 Å². The molecule has 1 unspecified atom stereocenters. The average molecular weight is 183 g/mol. The van der Waals surface area contributed by atoms with Crippen LogP contribution in [-0.2, 0) is 4.79 Å². The van der Waals surface area contributed by atoms with Gasteiger partial charge in [-0.25, -0.2) is 4.79 Å². The van der Waals surface area contributed by atoms with Crippen LogP contribution >= 0.6 is 23.2 Å². The van der Waals surface area contributed by atoms with E-state index in [0.717, 1.165) is 0 Å². The maximum absolute atomic E-state index is 10.1. The lowest BCUT2D eigenvalue weighted by Crippen LogP contribution is -1.98. The molecule has 0 saturated carbocycles. The second-order valence-electron chi connectivity index (χ2n) is 1.74. The minimum absolute atomic E-state index is 0.221. The second-order valence-corrected chi connectivity index (χ2v) is 2.71. The predicted octanol–water partition coefficient (Wildman–Crippen LogP) is 2.21. The molecule has 0 spiro atoms. The van der Waals surface area contributed by atoms with Crippen molar-refractivity contribution in [3.05, 3.63) is 11.1 Å². The highest BCUT2D eigenvalue weighted by atomic mass is 35.5. The molecule has 0 aromatic carbocycles. The van der Waals surface area contributed by atoms with Crippen LogP contribution in [0.1, 0.15) is 13.3 Å². The van der Waals surface area contributed by atoms with E-state index in [1.54, 1.807) is 0 Å². The number of carbonyl (C=O) groups is 1. The first-order valence-corrected chi connectivity index (χ1v) is 3.64. The number of halogens is 2. The van der Waals surface area contributed by atoms with E-state index in [4.69, 9.17) is 28.3 Å². The monoisotopic (exact) mass is 182 g/mol. The summed E-state index contributed by atoms with van der Waals surface area (Å²) in [5.74, 6) is -1.14. The second kappa shape index (κ2) is 4.58. The quantitative estimate of drug-likeness (QED) is 0.537. The molecule has 0 aliphatic rings. The standard InChI is InChI=1S/C6H8Cl2O2/c1-2-4(7)3-5(8)6(9)10/h3-4H,2H2,1H3,(H,9,10)/b5-3-. The van der Waals surface area contributed by atoms with E-state index in [9.17, 15) is 4.79 Å². The largest absolute Gasteiger partial charge is 0.477 e. The van der Waals surface area contributed by atoms with Gasteiger partial charge < -0.3 is 5.11 Å². The molecule has 0 saturated heterocycles. The molecule has 0 aliphatic heterocycles. The number of carboxylic acids is 1. The zero-order valence-electron chi connectivity index (χ0n) is 5.47. The van der Waals surface area contributed by atoms with Crippen LogP contribution < -0.4 is 0 Å². The maximum atomic E-state index is 10.1. The molecule has 1 N–H and O–H groups in total. The van der Waals surface area contributed by atoms with Crippen molar-refractivity contribution in [2.45, 2.75) is 18.7 Å². The van der Waals surface area contributed by atoms with Crippen molar-refractivity contribution in [1.29, 1.82) is 0 Å². The number of aliphatic carboxylic acids is 1. The van der Waals surface area contributed by atoms with E-state index in [1.165, 1.54) is 6.08 Å². The van der Waals surface area contributed by atoms with Crippen LogP contribution in [-0.4, -0.2) is 16.5 Å². The number of hydrogen-bond acceptors (Lipinski definition) is 1. The lowest BCUT2D eigenvalue weighted by Gasteiger charge is -1.96. The van der Waals surface area contributed by atoms with Crippen molar-refractivity contribution in [2.75, 3.05) is 0 Å². The molecule has 0 heterocycles. The van der Waals surface area contributed by atoms with Crippen molar-refractivity contribution in [1.82, 2.24) is 0 Å². The van der Waals surface area contributed by atoms with Crippen molar-refractivity contribution in [3.8, 4) is 0 Å². The Bertz CT molecular complexity index is 154. The fraction of sp³-hybridized carbons (Fsp3) is 0.500. The highest BCUT2D eigenvalue weighted by Gasteiger charge is 2.05. The van der Waals surface area contributed by atoms with Crippen LogP contribution in [0.4, 0.5) is 0 Å². The molecule has 0 bridgehead atoms. The Morgan fingerprint density at radius 1 is 1.80 bits per heavy atom. The van der Waals surface area contributed by atoms with Gasteiger partial charge in [-0.2, -0.15) is 0 Å². The third-order valence-corrected chi connectivity index (χ3v) is 1.64. The van der Waals surface area contributed by atoms with E-state index >= 15 is 0 Å². The van der Waals surface area contributed by atoms with E-state index in [-0.39, 0.29) is 10.4 Å². The summed E-state index contributed by atoms with van der Waals surface area (Å²) in [5, 5.41) is 7.76. The third kappa shape index (κ3) is 3.75. The van der Waals surface area contributed by atoms with Gasteiger partial charge in [-0.15, -0.1) is 11.6 Å². The Kier molecular flexibility index (Phi) is 4.49. The summed E-state index contributed by atoms with van der Waals surface area (Å²) in [6.07, 6.45) is 1.98. The first kappa shape index (κ1) is 9.79. The van der Waals surface area contributed by atoms with E-state index in [2.05, 4.69) is 0 Å². The van der Waals surface area contributed by atoms with Crippen LogP contribution in [0.3, 0.4) is 0 Å². The molecule has 10 heavy (non-hydrogen) atoms. The molecular weight excluding hydrogens is 175 g/mol. The molecule has 58 valence electrons. The molecule has 0 amide bonds. The molecule has 0 aromatic heterocycles. The predicted molar refractivity (Wildman–Crippen MR) is 41.5 cm³/mol. The van der Waals surface area contributed by atoms with Crippen molar-refractivity contribution in [3.63, 3.8) is 0 Å². The maximum Gasteiger partial charge on any atom is 0.347 e. The molecule has 0 aromatic rings. The van der Waals surface area contributed by atoms with Gasteiger partial charge in [-0.05, 0) is 12.5 Å². The van der Waals surface area contributed by atoms with E-state index < -0.39 is 5.97 Å². The summed E-state index contributed by atoms with van der Waals surface area (Å²) in [7, 11) is 0. The molecule has 0 rings (SSSR count). The highest BCUT2D eigenvalue weighted by molar-refractivity contribution is 6.41. The van der Waals surface area contributed by atoms with Gasteiger partial charge >= 0.3 is 5.97 Å². The molecular formula is C6H8Cl2O2. The van der Waals surface area contributed by atoms with E-state index in [0.29, 0.717) is 6.42 Å². The summed E-state index contributed by atoms with van der Waals surface area (Å²) < 4.78 is 0. The summed E-state index contributed by atoms with van der Waals surface area (Å²) >= 11 is 10.8. The van der Waals surface area contributed by atoms with Crippen LogP contribution in [0, 0.1) is 0 Å². The minimum atomic E-state index is -1.14. The highest BCUT2D eigenvalue weighted by Crippen LogP contribution is 2.09. The number of allylic oxidation sites excluding steroid dienone is 1. The fourth-order valence-corrected chi connectivity index (χ4v) is 0.690. The third-order valence-electron chi connectivity index (χ3n) is 0.921. The first-order chi connectivity index (χ1) is 4.57. The summed E-state index contributed by atoms with van der Waals surface area (Å²) in [5.41, 5.74) is 0. The number of carboxylic acid groups (broad SMARTS) is 1. The summed E-state index contributed by atoms with van der Waals surface area (Å²) in [4.78, 5) is 10.1. The number of hydrogen-bond donors (Lipinski definition) is 1.